The smallest absolute Gasteiger partial charge is 0.209 e. The Hall–Kier alpha value is -1.66. The molecule has 0 fully saturated rings. The van der Waals surface area contributed by atoms with Crippen LogP contribution in [0, 0.1) is 0 Å². The van der Waals surface area contributed by atoms with Crippen LogP contribution < -0.4 is 4.72 Å². The van der Waals surface area contributed by atoms with E-state index in [2.05, 4.69) is 9.88 Å². The molecule has 0 saturated carbocycles. The Kier molecular flexibility index (Phi) is 3.26. The Bertz CT molecular complexity index is 590. The Morgan fingerprint density at radius 2 is 2.00 bits per heavy atom. The van der Waals surface area contributed by atoms with Gasteiger partial charge in [0.25, 0.3) is 0 Å². The van der Waals surface area contributed by atoms with E-state index in [0.29, 0.717) is 11.5 Å². The third kappa shape index (κ3) is 3.40. The second-order valence-electron chi connectivity index (χ2n) is 3.64. The van der Waals surface area contributed by atoms with Crippen LogP contribution in [0.2, 0.25) is 0 Å². The molecule has 1 aromatic heterocycles. The van der Waals surface area contributed by atoms with E-state index in [1.165, 1.54) is 0 Å². The molecule has 1 aromatic carbocycles. The first kappa shape index (κ1) is 11.8. The maximum Gasteiger partial charge on any atom is 0.209 e. The number of hydrogen-bond acceptors (Lipinski definition) is 4. The SMILES string of the molecule is CS(=O)(=O)NCc1cc(-c2ccccc2)no1. The fourth-order valence-corrected chi connectivity index (χ4v) is 1.75. The molecule has 2 rings (SSSR count). The highest BCUT2D eigenvalue weighted by molar-refractivity contribution is 7.88. The van der Waals surface area contributed by atoms with Crippen molar-refractivity contribution in [2.45, 2.75) is 6.54 Å². The van der Waals surface area contributed by atoms with Crippen molar-refractivity contribution in [2.24, 2.45) is 0 Å². The fourth-order valence-electron chi connectivity index (χ4n) is 1.34. The predicted molar refractivity (Wildman–Crippen MR) is 63.6 cm³/mol. The normalized spacial score (nSPS) is 11.6. The van der Waals surface area contributed by atoms with Gasteiger partial charge in [-0.25, -0.2) is 13.1 Å². The standard InChI is InChI=1S/C11H12N2O3S/c1-17(14,15)12-8-10-7-11(13-16-10)9-5-3-2-4-6-9/h2-7,12H,8H2,1H3. The number of sulfonamides is 1. The van der Waals surface area contributed by atoms with Crippen molar-refractivity contribution in [1.82, 2.24) is 9.88 Å². The molecule has 6 heteroatoms. The Morgan fingerprint density at radius 1 is 1.29 bits per heavy atom. The first-order valence-corrected chi connectivity index (χ1v) is 6.89. The lowest BCUT2D eigenvalue weighted by Gasteiger charge is -1.96. The van der Waals surface area contributed by atoms with Crippen molar-refractivity contribution in [3.05, 3.63) is 42.2 Å². The van der Waals surface area contributed by atoms with Crippen molar-refractivity contribution in [3.8, 4) is 11.3 Å². The van der Waals surface area contributed by atoms with Crippen LogP contribution in [0.3, 0.4) is 0 Å². The van der Waals surface area contributed by atoms with E-state index in [1.54, 1.807) is 6.07 Å². The zero-order valence-corrected chi connectivity index (χ0v) is 10.1. The summed E-state index contributed by atoms with van der Waals surface area (Å²) in [6, 6.07) is 11.2. The zero-order valence-electron chi connectivity index (χ0n) is 9.25. The summed E-state index contributed by atoms with van der Waals surface area (Å²) in [6.07, 6.45) is 1.10. The van der Waals surface area contributed by atoms with Crippen molar-refractivity contribution < 1.29 is 12.9 Å². The molecule has 1 heterocycles. The van der Waals surface area contributed by atoms with Gasteiger partial charge in [-0.2, -0.15) is 0 Å². The molecule has 0 aliphatic carbocycles. The molecule has 0 unspecified atom stereocenters. The molecular formula is C11H12N2O3S. The first-order valence-electron chi connectivity index (χ1n) is 5.00. The molecule has 1 N–H and O–H groups in total. The van der Waals surface area contributed by atoms with Gasteiger partial charge < -0.3 is 4.52 Å². The molecule has 0 aliphatic heterocycles. The van der Waals surface area contributed by atoms with Gasteiger partial charge in [0.15, 0.2) is 5.76 Å². The van der Waals surface area contributed by atoms with Gasteiger partial charge >= 0.3 is 0 Å². The van der Waals surface area contributed by atoms with E-state index in [-0.39, 0.29) is 6.54 Å². The topological polar surface area (TPSA) is 72.2 Å². The summed E-state index contributed by atoms with van der Waals surface area (Å²) in [5, 5.41) is 3.88. The van der Waals surface area contributed by atoms with Crippen molar-refractivity contribution in [3.63, 3.8) is 0 Å². The van der Waals surface area contributed by atoms with Crippen LogP contribution in [0.4, 0.5) is 0 Å². The van der Waals surface area contributed by atoms with Crippen LogP contribution in [-0.4, -0.2) is 19.8 Å². The third-order valence-corrected chi connectivity index (χ3v) is 2.81. The van der Waals surface area contributed by atoms with Crippen molar-refractivity contribution in [1.29, 1.82) is 0 Å². The predicted octanol–water partition coefficient (Wildman–Crippen LogP) is 1.39. The number of hydrogen-bond donors (Lipinski definition) is 1. The van der Waals surface area contributed by atoms with Crippen molar-refractivity contribution >= 4 is 10.0 Å². The van der Waals surface area contributed by atoms with E-state index < -0.39 is 10.0 Å². The average molecular weight is 252 g/mol. The van der Waals surface area contributed by atoms with Crippen molar-refractivity contribution in [2.75, 3.05) is 6.26 Å². The van der Waals surface area contributed by atoms with Crippen LogP contribution in [0.5, 0.6) is 0 Å². The van der Waals surface area contributed by atoms with Gasteiger partial charge in [-0.15, -0.1) is 0 Å². The number of aromatic nitrogens is 1. The number of nitrogens with one attached hydrogen (secondary N) is 1. The Balaban J connectivity index is 2.12. The minimum atomic E-state index is -3.22. The molecular weight excluding hydrogens is 240 g/mol. The highest BCUT2D eigenvalue weighted by atomic mass is 32.2. The molecule has 90 valence electrons. The van der Waals surface area contributed by atoms with E-state index in [9.17, 15) is 8.42 Å². The summed E-state index contributed by atoms with van der Waals surface area (Å²) in [4.78, 5) is 0. The number of benzene rings is 1. The zero-order chi connectivity index (χ0) is 12.3. The van der Waals surface area contributed by atoms with Gasteiger partial charge in [0.1, 0.15) is 5.69 Å². The fraction of sp³-hybridized carbons (Fsp3) is 0.182. The van der Waals surface area contributed by atoms with E-state index >= 15 is 0 Å². The van der Waals surface area contributed by atoms with Gasteiger partial charge in [-0.1, -0.05) is 35.5 Å². The molecule has 2 aromatic rings. The van der Waals surface area contributed by atoms with Gasteiger partial charge in [-0.05, 0) is 0 Å². The maximum absolute atomic E-state index is 10.9. The lowest BCUT2D eigenvalue weighted by molar-refractivity contribution is 0.382. The largest absolute Gasteiger partial charge is 0.359 e. The highest BCUT2D eigenvalue weighted by Gasteiger charge is 2.08. The summed E-state index contributed by atoms with van der Waals surface area (Å²) in [7, 11) is -3.22. The minimum absolute atomic E-state index is 0.110. The molecule has 0 radical (unpaired) electrons. The molecule has 0 bridgehead atoms. The molecule has 5 nitrogen and oxygen atoms in total. The molecule has 0 saturated heterocycles. The van der Waals surface area contributed by atoms with Gasteiger partial charge in [0.2, 0.25) is 10.0 Å². The number of rotatable bonds is 4. The second-order valence-corrected chi connectivity index (χ2v) is 5.47. The van der Waals surface area contributed by atoms with Crippen LogP contribution in [0.25, 0.3) is 11.3 Å². The lowest BCUT2D eigenvalue weighted by Crippen LogP contribution is -2.20. The summed E-state index contributed by atoms with van der Waals surface area (Å²) < 4.78 is 29.2. The molecule has 0 spiro atoms. The quantitative estimate of drug-likeness (QED) is 0.892. The maximum atomic E-state index is 10.9. The third-order valence-electron chi connectivity index (χ3n) is 2.14. The monoisotopic (exact) mass is 252 g/mol. The van der Waals surface area contributed by atoms with Crippen LogP contribution in [-0.2, 0) is 16.6 Å². The van der Waals surface area contributed by atoms with Gasteiger partial charge in [-0.3, -0.25) is 0 Å². The first-order chi connectivity index (χ1) is 8.04. The van der Waals surface area contributed by atoms with Gasteiger partial charge in [0.05, 0.1) is 12.8 Å². The molecule has 0 atom stereocenters. The summed E-state index contributed by atoms with van der Waals surface area (Å²) >= 11 is 0. The number of nitrogens with zero attached hydrogens (tertiary/aromatic N) is 1. The summed E-state index contributed by atoms with van der Waals surface area (Å²) in [5.74, 6) is 0.481. The van der Waals surface area contributed by atoms with E-state index in [1.807, 2.05) is 30.3 Å². The molecule has 17 heavy (non-hydrogen) atoms. The molecule has 0 aliphatic rings. The highest BCUT2D eigenvalue weighted by Crippen LogP contribution is 2.18. The summed E-state index contributed by atoms with van der Waals surface area (Å²) in [5.41, 5.74) is 1.62. The minimum Gasteiger partial charge on any atom is -0.359 e. The van der Waals surface area contributed by atoms with E-state index in [4.69, 9.17) is 4.52 Å². The summed E-state index contributed by atoms with van der Waals surface area (Å²) in [6.45, 7) is 0.110. The Morgan fingerprint density at radius 3 is 2.65 bits per heavy atom. The molecule has 0 amide bonds. The van der Waals surface area contributed by atoms with E-state index in [0.717, 1.165) is 11.8 Å². The average Bonchev–Trinajstić information content (AvgIpc) is 2.75. The lowest BCUT2D eigenvalue weighted by atomic mass is 10.1. The van der Waals surface area contributed by atoms with Gasteiger partial charge in [0, 0.05) is 11.6 Å². The second kappa shape index (κ2) is 4.68. The van der Waals surface area contributed by atoms with Crippen LogP contribution in [0.15, 0.2) is 40.9 Å². The van der Waals surface area contributed by atoms with Crippen LogP contribution >= 0.6 is 0 Å². The Labute approximate surface area is 99.5 Å². The van der Waals surface area contributed by atoms with Crippen LogP contribution in [0.1, 0.15) is 5.76 Å².